The second kappa shape index (κ2) is 4.98. The number of hydrogen-bond acceptors (Lipinski definition) is 3. The van der Waals surface area contributed by atoms with E-state index in [1.165, 1.54) is 0 Å². The van der Waals surface area contributed by atoms with Crippen LogP contribution >= 0.6 is 15.2 Å². The van der Waals surface area contributed by atoms with Gasteiger partial charge in [-0.1, -0.05) is 13.8 Å². The van der Waals surface area contributed by atoms with E-state index >= 15 is 0 Å². The van der Waals surface area contributed by atoms with Crippen molar-refractivity contribution in [2.24, 2.45) is 17.8 Å². The molecule has 0 amide bonds. The van der Waals surface area contributed by atoms with Gasteiger partial charge in [-0.15, -0.1) is 0 Å². The maximum absolute atomic E-state index is 11.2. The summed E-state index contributed by atoms with van der Waals surface area (Å²) in [6, 6.07) is 0. The summed E-state index contributed by atoms with van der Waals surface area (Å²) >= 11 is 0. The van der Waals surface area contributed by atoms with E-state index in [1.807, 2.05) is 13.8 Å². The van der Waals surface area contributed by atoms with Gasteiger partial charge in [-0.3, -0.25) is 9.13 Å². The van der Waals surface area contributed by atoms with Crippen LogP contribution in [0.2, 0.25) is 0 Å². The zero-order valence-corrected chi connectivity index (χ0v) is 12.1. The summed E-state index contributed by atoms with van der Waals surface area (Å²) < 4.78 is 22.4. The molecule has 1 rings (SSSR count). The number of aliphatic hydroxyl groups is 1. The molecule has 7 nitrogen and oxygen atoms in total. The van der Waals surface area contributed by atoms with E-state index in [4.69, 9.17) is 19.6 Å². The fourth-order valence-corrected chi connectivity index (χ4v) is 4.92. The van der Waals surface area contributed by atoms with Gasteiger partial charge in [-0.05, 0) is 30.6 Å². The molecule has 5 N–H and O–H groups in total. The van der Waals surface area contributed by atoms with Gasteiger partial charge in [-0.2, -0.15) is 0 Å². The molecule has 0 aromatic rings. The molecule has 0 spiro atoms. The van der Waals surface area contributed by atoms with Crippen molar-refractivity contribution in [1.82, 2.24) is 0 Å². The predicted molar refractivity (Wildman–Crippen MR) is 64.7 cm³/mol. The van der Waals surface area contributed by atoms with Crippen molar-refractivity contribution < 1.29 is 33.8 Å². The van der Waals surface area contributed by atoms with Gasteiger partial charge in [0.2, 0.25) is 0 Å². The van der Waals surface area contributed by atoms with Crippen LogP contribution < -0.4 is 0 Å². The first-order chi connectivity index (χ1) is 7.88. The first-order valence-electron chi connectivity index (χ1n) is 5.72. The van der Waals surface area contributed by atoms with Crippen molar-refractivity contribution in [3.63, 3.8) is 0 Å². The minimum Gasteiger partial charge on any atom is -0.368 e. The average Bonchev–Trinajstić information content (AvgIpc) is 2.41. The first kappa shape index (κ1) is 16.3. The zero-order chi connectivity index (χ0) is 14.4. The van der Waals surface area contributed by atoms with Crippen LogP contribution in [0.15, 0.2) is 0 Å². The zero-order valence-electron chi connectivity index (χ0n) is 10.3. The van der Waals surface area contributed by atoms with E-state index in [2.05, 4.69) is 0 Å². The van der Waals surface area contributed by atoms with Crippen molar-refractivity contribution in [1.29, 1.82) is 0 Å². The van der Waals surface area contributed by atoms with Gasteiger partial charge in [0.1, 0.15) is 0 Å². The SMILES string of the molecule is C[C@@H]1CC(CC(O)(P(=O)(O)O)P(=O)(O)O)C[C@@H]1C. The molecule has 3 atom stereocenters. The number of rotatable bonds is 4. The van der Waals surface area contributed by atoms with E-state index in [-0.39, 0.29) is 5.92 Å². The molecule has 18 heavy (non-hydrogen) atoms. The van der Waals surface area contributed by atoms with Gasteiger partial charge in [-0.25, -0.2) is 0 Å². The maximum atomic E-state index is 11.2. The molecule has 9 heteroatoms. The van der Waals surface area contributed by atoms with E-state index in [9.17, 15) is 14.2 Å². The van der Waals surface area contributed by atoms with Crippen LogP contribution in [0.1, 0.15) is 33.1 Å². The summed E-state index contributed by atoms with van der Waals surface area (Å²) in [4.78, 5) is 36.1. The first-order valence-corrected chi connectivity index (χ1v) is 8.94. The summed E-state index contributed by atoms with van der Waals surface area (Å²) in [5.74, 6) is 0.334. The van der Waals surface area contributed by atoms with Crippen molar-refractivity contribution in [3.05, 3.63) is 0 Å². The molecule has 0 aliphatic heterocycles. The molecule has 0 saturated heterocycles. The summed E-state index contributed by atoms with van der Waals surface area (Å²) in [5.41, 5.74) is 0. The molecule has 0 aromatic carbocycles. The van der Waals surface area contributed by atoms with Crippen LogP contribution in [-0.2, 0) is 9.13 Å². The lowest BCUT2D eigenvalue weighted by molar-refractivity contribution is 0.106. The second-order valence-corrected chi connectivity index (χ2v) is 9.37. The standard InChI is InChI=1S/C9H20O7P2/c1-6-3-8(4-7(6)2)5-9(10,17(11,12)13)18(14,15)16/h6-8,10H,3-5H2,1-2H3,(H2,11,12,13)(H2,14,15,16)/t6-,7+,8?. The second-order valence-electron chi connectivity index (χ2n) is 5.36. The lowest BCUT2D eigenvalue weighted by Crippen LogP contribution is -2.31. The Morgan fingerprint density at radius 3 is 1.61 bits per heavy atom. The van der Waals surface area contributed by atoms with Crippen molar-refractivity contribution >= 4 is 15.2 Å². The molecule has 1 aliphatic carbocycles. The lowest BCUT2D eigenvalue weighted by Gasteiger charge is -2.31. The molecule has 108 valence electrons. The molecule has 1 aliphatic rings. The average molecular weight is 302 g/mol. The maximum Gasteiger partial charge on any atom is 0.369 e. The third kappa shape index (κ3) is 3.05. The van der Waals surface area contributed by atoms with E-state index in [0.29, 0.717) is 24.7 Å². The van der Waals surface area contributed by atoms with E-state index in [1.54, 1.807) is 0 Å². The van der Waals surface area contributed by atoms with Crippen molar-refractivity contribution in [2.75, 3.05) is 0 Å². The predicted octanol–water partition coefficient (Wildman–Crippen LogP) is 1.06. The largest absolute Gasteiger partial charge is 0.369 e. The van der Waals surface area contributed by atoms with E-state index < -0.39 is 26.7 Å². The summed E-state index contributed by atoms with van der Waals surface area (Å²) in [7, 11) is -10.6. The van der Waals surface area contributed by atoms with E-state index in [0.717, 1.165) is 0 Å². The molecule has 0 bridgehead atoms. The summed E-state index contributed by atoms with van der Waals surface area (Å²) in [6.45, 7) is 3.94. The Morgan fingerprint density at radius 1 is 1.00 bits per heavy atom. The molecule has 1 unspecified atom stereocenters. The highest BCUT2D eigenvalue weighted by Gasteiger charge is 2.60. The Labute approximate surface area is 106 Å². The van der Waals surface area contributed by atoms with Crippen LogP contribution in [0.4, 0.5) is 0 Å². The third-order valence-corrected chi connectivity index (χ3v) is 7.67. The highest BCUT2D eigenvalue weighted by molar-refractivity contribution is 7.72. The normalized spacial score (nSPS) is 30.7. The third-order valence-electron chi connectivity index (χ3n) is 3.88. The van der Waals surface area contributed by atoms with Crippen LogP contribution in [0, 0.1) is 17.8 Å². The van der Waals surface area contributed by atoms with Crippen LogP contribution in [0.5, 0.6) is 0 Å². The molecule has 0 heterocycles. The fourth-order valence-electron chi connectivity index (χ4n) is 2.57. The van der Waals surface area contributed by atoms with Gasteiger partial charge in [0.15, 0.2) is 0 Å². The van der Waals surface area contributed by atoms with Gasteiger partial charge in [0, 0.05) is 6.42 Å². The Kier molecular flexibility index (Phi) is 4.52. The van der Waals surface area contributed by atoms with Crippen molar-refractivity contribution in [2.45, 2.75) is 38.2 Å². The Bertz CT molecular complexity index is 366. The molecule has 1 saturated carbocycles. The van der Waals surface area contributed by atoms with Crippen LogP contribution in [-0.4, -0.2) is 29.8 Å². The lowest BCUT2D eigenvalue weighted by atomic mass is 10.0. The fraction of sp³-hybridized carbons (Fsp3) is 1.00. The molecule has 0 radical (unpaired) electrons. The smallest absolute Gasteiger partial charge is 0.368 e. The Hall–Kier alpha value is 0.260. The van der Waals surface area contributed by atoms with Gasteiger partial charge in [0.05, 0.1) is 0 Å². The minimum atomic E-state index is -5.31. The Balaban J connectivity index is 2.96. The van der Waals surface area contributed by atoms with Crippen LogP contribution in [0.3, 0.4) is 0 Å². The molecular weight excluding hydrogens is 282 g/mol. The van der Waals surface area contributed by atoms with Gasteiger partial charge in [0.25, 0.3) is 5.08 Å². The summed E-state index contributed by atoms with van der Waals surface area (Å²) in [5, 5.41) is 6.54. The van der Waals surface area contributed by atoms with Crippen LogP contribution in [0.25, 0.3) is 0 Å². The van der Waals surface area contributed by atoms with Gasteiger partial charge < -0.3 is 24.7 Å². The Morgan fingerprint density at radius 2 is 1.33 bits per heavy atom. The molecular formula is C9H20O7P2. The minimum absolute atomic E-state index is 0.291. The topological polar surface area (TPSA) is 135 Å². The molecule has 0 aromatic heterocycles. The quantitative estimate of drug-likeness (QED) is 0.490. The van der Waals surface area contributed by atoms with Gasteiger partial charge >= 0.3 is 15.2 Å². The molecule has 1 fully saturated rings. The monoisotopic (exact) mass is 302 g/mol. The highest BCUT2D eigenvalue weighted by Crippen LogP contribution is 2.70. The highest BCUT2D eigenvalue weighted by atomic mass is 31.2. The number of hydrogen-bond donors (Lipinski definition) is 5. The summed E-state index contributed by atoms with van der Waals surface area (Å²) in [6.07, 6.45) is 0.628. The van der Waals surface area contributed by atoms with Crippen molar-refractivity contribution in [3.8, 4) is 0 Å².